The topological polar surface area (TPSA) is 57.5 Å². The first-order chi connectivity index (χ1) is 7.15. The van der Waals surface area contributed by atoms with Gasteiger partial charge in [-0.2, -0.15) is 11.8 Å². The molecule has 1 aromatic carbocycles. The standard InChI is InChI=1S/C11H14O3S/c1-8-6-9(11(13)14)2-3-10(8)7-15-5-4-12/h2-3,6,12H,4-5,7H2,1H3,(H,13,14). The Labute approximate surface area is 93.1 Å². The van der Waals surface area contributed by atoms with E-state index in [0.29, 0.717) is 11.3 Å². The van der Waals surface area contributed by atoms with E-state index in [0.717, 1.165) is 16.9 Å². The lowest BCUT2D eigenvalue weighted by Gasteiger charge is -2.05. The van der Waals surface area contributed by atoms with Crippen LogP contribution in [-0.4, -0.2) is 28.5 Å². The number of benzene rings is 1. The number of carbonyl (C=O) groups is 1. The molecule has 1 aromatic rings. The van der Waals surface area contributed by atoms with Crippen molar-refractivity contribution in [3.63, 3.8) is 0 Å². The van der Waals surface area contributed by atoms with E-state index in [4.69, 9.17) is 10.2 Å². The lowest BCUT2D eigenvalue weighted by molar-refractivity contribution is 0.0697. The molecule has 0 saturated heterocycles. The van der Waals surface area contributed by atoms with Crippen LogP contribution in [0.15, 0.2) is 18.2 Å². The van der Waals surface area contributed by atoms with Crippen LogP contribution in [0.25, 0.3) is 0 Å². The number of hydrogen-bond acceptors (Lipinski definition) is 3. The third kappa shape index (κ3) is 3.57. The van der Waals surface area contributed by atoms with Gasteiger partial charge < -0.3 is 10.2 Å². The lowest BCUT2D eigenvalue weighted by atomic mass is 10.1. The van der Waals surface area contributed by atoms with Crippen LogP contribution in [-0.2, 0) is 5.75 Å². The van der Waals surface area contributed by atoms with Gasteiger partial charge in [0.15, 0.2) is 0 Å². The first-order valence-electron chi connectivity index (χ1n) is 4.66. The van der Waals surface area contributed by atoms with E-state index in [9.17, 15) is 4.79 Å². The fourth-order valence-corrected chi connectivity index (χ4v) is 2.05. The Morgan fingerprint density at radius 1 is 1.47 bits per heavy atom. The van der Waals surface area contributed by atoms with Gasteiger partial charge >= 0.3 is 5.97 Å². The summed E-state index contributed by atoms with van der Waals surface area (Å²) in [7, 11) is 0. The number of aromatic carboxylic acids is 1. The summed E-state index contributed by atoms with van der Waals surface area (Å²) in [5.41, 5.74) is 2.43. The number of aryl methyl sites for hydroxylation is 1. The molecule has 0 aliphatic rings. The quantitative estimate of drug-likeness (QED) is 0.753. The van der Waals surface area contributed by atoms with Gasteiger partial charge in [0.1, 0.15) is 0 Å². The molecule has 0 radical (unpaired) electrons. The van der Waals surface area contributed by atoms with Crippen molar-refractivity contribution in [2.24, 2.45) is 0 Å². The average molecular weight is 226 g/mol. The largest absolute Gasteiger partial charge is 0.478 e. The summed E-state index contributed by atoms with van der Waals surface area (Å²) in [6, 6.07) is 5.13. The highest BCUT2D eigenvalue weighted by atomic mass is 32.2. The van der Waals surface area contributed by atoms with Crippen molar-refractivity contribution in [2.75, 3.05) is 12.4 Å². The molecule has 0 aromatic heterocycles. The number of carboxylic acid groups (broad SMARTS) is 1. The maximum absolute atomic E-state index is 10.7. The van der Waals surface area contributed by atoms with E-state index in [1.165, 1.54) is 0 Å². The van der Waals surface area contributed by atoms with Crippen molar-refractivity contribution >= 4 is 17.7 Å². The summed E-state index contributed by atoms with van der Waals surface area (Å²) < 4.78 is 0. The SMILES string of the molecule is Cc1cc(C(=O)O)ccc1CSCCO. The molecular formula is C11H14O3S. The highest BCUT2D eigenvalue weighted by molar-refractivity contribution is 7.98. The minimum atomic E-state index is -0.896. The molecule has 0 fully saturated rings. The van der Waals surface area contributed by atoms with Crippen LogP contribution in [0.5, 0.6) is 0 Å². The van der Waals surface area contributed by atoms with E-state index >= 15 is 0 Å². The van der Waals surface area contributed by atoms with Crippen molar-refractivity contribution in [1.82, 2.24) is 0 Å². The van der Waals surface area contributed by atoms with E-state index in [-0.39, 0.29) is 6.61 Å². The molecule has 1 rings (SSSR count). The highest BCUT2D eigenvalue weighted by Crippen LogP contribution is 2.17. The summed E-state index contributed by atoms with van der Waals surface area (Å²) in [5, 5.41) is 17.4. The zero-order valence-electron chi connectivity index (χ0n) is 8.56. The Kier molecular flexibility index (Phi) is 4.65. The molecule has 0 aliphatic heterocycles. The van der Waals surface area contributed by atoms with Crippen molar-refractivity contribution < 1.29 is 15.0 Å². The second kappa shape index (κ2) is 5.78. The van der Waals surface area contributed by atoms with Crippen molar-refractivity contribution in [2.45, 2.75) is 12.7 Å². The summed E-state index contributed by atoms with van der Waals surface area (Å²) in [5.74, 6) is 0.625. The maximum Gasteiger partial charge on any atom is 0.335 e. The van der Waals surface area contributed by atoms with Gasteiger partial charge in [-0.15, -0.1) is 0 Å². The van der Waals surface area contributed by atoms with E-state index in [1.807, 2.05) is 13.0 Å². The van der Waals surface area contributed by atoms with Gasteiger partial charge in [-0.05, 0) is 30.2 Å². The van der Waals surface area contributed by atoms with Gasteiger partial charge in [-0.1, -0.05) is 6.07 Å². The molecule has 0 unspecified atom stereocenters. The Bertz CT molecular complexity index is 350. The smallest absolute Gasteiger partial charge is 0.335 e. The average Bonchev–Trinajstić information content (AvgIpc) is 2.20. The van der Waals surface area contributed by atoms with E-state index < -0.39 is 5.97 Å². The molecule has 4 heteroatoms. The Hall–Kier alpha value is -1.000. The number of aliphatic hydroxyl groups is 1. The highest BCUT2D eigenvalue weighted by Gasteiger charge is 2.05. The zero-order valence-corrected chi connectivity index (χ0v) is 9.38. The molecular weight excluding hydrogens is 212 g/mol. The van der Waals surface area contributed by atoms with Crippen LogP contribution in [0.2, 0.25) is 0 Å². The number of thioether (sulfide) groups is 1. The summed E-state index contributed by atoms with van der Waals surface area (Å²) in [6.07, 6.45) is 0. The van der Waals surface area contributed by atoms with Crippen LogP contribution in [0.3, 0.4) is 0 Å². The van der Waals surface area contributed by atoms with Gasteiger partial charge in [-0.25, -0.2) is 4.79 Å². The minimum absolute atomic E-state index is 0.178. The first-order valence-corrected chi connectivity index (χ1v) is 5.82. The van der Waals surface area contributed by atoms with Gasteiger partial charge in [0.25, 0.3) is 0 Å². The van der Waals surface area contributed by atoms with Crippen LogP contribution < -0.4 is 0 Å². The normalized spacial score (nSPS) is 10.3. The van der Waals surface area contributed by atoms with Crippen LogP contribution in [0.4, 0.5) is 0 Å². The van der Waals surface area contributed by atoms with Gasteiger partial charge in [-0.3, -0.25) is 0 Å². The maximum atomic E-state index is 10.7. The van der Waals surface area contributed by atoms with Crippen LogP contribution in [0.1, 0.15) is 21.5 Å². The predicted octanol–water partition coefficient (Wildman–Crippen LogP) is 1.92. The molecule has 0 bridgehead atoms. The van der Waals surface area contributed by atoms with Crippen LogP contribution >= 0.6 is 11.8 Å². The molecule has 0 saturated carbocycles. The Morgan fingerprint density at radius 3 is 2.73 bits per heavy atom. The number of carboxylic acids is 1. The van der Waals surface area contributed by atoms with Crippen molar-refractivity contribution in [1.29, 1.82) is 0 Å². The Balaban J connectivity index is 2.70. The third-order valence-corrected chi connectivity index (χ3v) is 3.07. The summed E-state index contributed by atoms with van der Waals surface area (Å²) in [6.45, 7) is 2.08. The molecule has 0 spiro atoms. The van der Waals surface area contributed by atoms with Crippen molar-refractivity contribution in [3.8, 4) is 0 Å². The van der Waals surface area contributed by atoms with Gasteiger partial charge in [0, 0.05) is 11.5 Å². The molecule has 82 valence electrons. The molecule has 0 heterocycles. The Morgan fingerprint density at radius 2 is 2.20 bits per heavy atom. The molecule has 3 nitrogen and oxygen atoms in total. The first kappa shape index (κ1) is 12.1. The molecule has 0 atom stereocenters. The van der Waals surface area contributed by atoms with Gasteiger partial charge in [0.2, 0.25) is 0 Å². The summed E-state index contributed by atoms with van der Waals surface area (Å²) in [4.78, 5) is 10.7. The zero-order chi connectivity index (χ0) is 11.3. The van der Waals surface area contributed by atoms with Gasteiger partial charge in [0.05, 0.1) is 12.2 Å². The minimum Gasteiger partial charge on any atom is -0.478 e. The monoisotopic (exact) mass is 226 g/mol. The molecule has 15 heavy (non-hydrogen) atoms. The molecule has 0 aliphatic carbocycles. The summed E-state index contributed by atoms with van der Waals surface area (Å²) >= 11 is 1.64. The fraction of sp³-hybridized carbons (Fsp3) is 0.364. The number of hydrogen-bond donors (Lipinski definition) is 2. The number of aliphatic hydroxyl groups excluding tert-OH is 1. The second-order valence-corrected chi connectivity index (χ2v) is 4.33. The lowest BCUT2D eigenvalue weighted by Crippen LogP contribution is -1.98. The predicted molar refractivity (Wildman–Crippen MR) is 61.4 cm³/mol. The van der Waals surface area contributed by atoms with Crippen molar-refractivity contribution in [3.05, 3.63) is 34.9 Å². The number of rotatable bonds is 5. The third-order valence-electron chi connectivity index (χ3n) is 2.08. The fourth-order valence-electron chi connectivity index (χ4n) is 1.24. The second-order valence-electron chi connectivity index (χ2n) is 3.22. The molecule has 2 N–H and O–H groups in total. The molecule has 0 amide bonds. The van der Waals surface area contributed by atoms with E-state index in [2.05, 4.69) is 0 Å². The van der Waals surface area contributed by atoms with Crippen LogP contribution in [0, 0.1) is 6.92 Å². The van der Waals surface area contributed by atoms with E-state index in [1.54, 1.807) is 23.9 Å².